The van der Waals surface area contributed by atoms with Crippen LogP contribution in [-0.2, 0) is 16.0 Å². The van der Waals surface area contributed by atoms with Crippen molar-refractivity contribution in [2.24, 2.45) is 0 Å². The van der Waals surface area contributed by atoms with Gasteiger partial charge in [-0.05, 0) is 49.6 Å². The molecule has 2 saturated heterocycles. The third-order valence-corrected chi connectivity index (χ3v) is 5.44. The van der Waals surface area contributed by atoms with Gasteiger partial charge in [-0.2, -0.15) is 0 Å². The maximum absolute atomic E-state index is 6.08. The first-order chi connectivity index (χ1) is 9.27. The van der Waals surface area contributed by atoms with Crippen LogP contribution in [0.5, 0.6) is 0 Å². The summed E-state index contributed by atoms with van der Waals surface area (Å²) in [5, 5.41) is 5.90. The second-order valence-electron chi connectivity index (χ2n) is 5.74. The molecular formula is C15H23NO2S. The minimum absolute atomic E-state index is 0.0959. The van der Waals surface area contributed by atoms with Gasteiger partial charge in [0.25, 0.3) is 0 Å². The number of hydrogen-bond donors (Lipinski definition) is 1. The van der Waals surface area contributed by atoms with Crippen molar-refractivity contribution in [3.05, 3.63) is 21.9 Å². The SMILES string of the molecule is Cc1ccsc1CNC1CCOC2(CCOCC2)C1. The zero-order valence-electron chi connectivity index (χ0n) is 11.6. The van der Waals surface area contributed by atoms with Crippen LogP contribution in [-0.4, -0.2) is 31.5 Å². The highest BCUT2D eigenvalue weighted by molar-refractivity contribution is 7.10. The van der Waals surface area contributed by atoms with E-state index in [1.54, 1.807) is 0 Å². The van der Waals surface area contributed by atoms with E-state index in [0.29, 0.717) is 6.04 Å². The molecule has 19 heavy (non-hydrogen) atoms. The lowest BCUT2D eigenvalue weighted by molar-refractivity contribution is -0.140. The maximum atomic E-state index is 6.08. The van der Waals surface area contributed by atoms with Crippen molar-refractivity contribution < 1.29 is 9.47 Å². The van der Waals surface area contributed by atoms with Crippen molar-refractivity contribution in [1.29, 1.82) is 0 Å². The zero-order chi connectivity index (χ0) is 13.1. The number of rotatable bonds is 3. The predicted octanol–water partition coefficient (Wildman–Crippen LogP) is 2.87. The van der Waals surface area contributed by atoms with Gasteiger partial charge in [-0.3, -0.25) is 0 Å². The zero-order valence-corrected chi connectivity index (χ0v) is 12.4. The number of nitrogens with one attached hydrogen (secondary N) is 1. The molecule has 0 radical (unpaired) electrons. The molecule has 1 unspecified atom stereocenters. The van der Waals surface area contributed by atoms with Crippen LogP contribution >= 0.6 is 11.3 Å². The van der Waals surface area contributed by atoms with Crippen molar-refractivity contribution >= 4 is 11.3 Å². The molecular weight excluding hydrogens is 258 g/mol. The van der Waals surface area contributed by atoms with E-state index in [4.69, 9.17) is 9.47 Å². The van der Waals surface area contributed by atoms with E-state index >= 15 is 0 Å². The summed E-state index contributed by atoms with van der Waals surface area (Å²) in [5.41, 5.74) is 1.50. The second-order valence-corrected chi connectivity index (χ2v) is 6.74. The fraction of sp³-hybridized carbons (Fsp3) is 0.733. The standard InChI is InChI=1S/C15H23NO2S/c1-12-3-9-19-14(12)11-16-13-2-6-18-15(10-13)4-7-17-8-5-15/h3,9,13,16H,2,4-8,10-11H2,1H3. The number of ether oxygens (including phenoxy) is 2. The maximum Gasteiger partial charge on any atom is 0.0741 e. The van der Waals surface area contributed by atoms with Gasteiger partial charge in [-0.15, -0.1) is 11.3 Å². The van der Waals surface area contributed by atoms with E-state index in [2.05, 4.69) is 23.7 Å². The van der Waals surface area contributed by atoms with Gasteiger partial charge in [0.15, 0.2) is 0 Å². The van der Waals surface area contributed by atoms with Crippen LogP contribution in [0.2, 0.25) is 0 Å². The summed E-state index contributed by atoms with van der Waals surface area (Å²) in [6.07, 6.45) is 4.39. The minimum Gasteiger partial charge on any atom is -0.381 e. The molecule has 1 aromatic heterocycles. The Morgan fingerprint density at radius 2 is 2.21 bits per heavy atom. The summed E-state index contributed by atoms with van der Waals surface area (Å²) < 4.78 is 11.5. The van der Waals surface area contributed by atoms with E-state index < -0.39 is 0 Å². The van der Waals surface area contributed by atoms with Crippen LogP contribution in [0.15, 0.2) is 11.4 Å². The summed E-state index contributed by atoms with van der Waals surface area (Å²) in [7, 11) is 0. The molecule has 0 aliphatic carbocycles. The fourth-order valence-electron chi connectivity index (χ4n) is 3.12. The van der Waals surface area contributed by atoms with E-state index in [1.807, 2.05) is 11.3 Å². The van der Waals surface area contributed by atoms with Gasteiger partial charge >= 0.3 is 0 Å². The molecule has 0 bridgehead atoms. The summed E-state index contributed by atoms with van der Waals surface area (Å²) in [6, 6.07) is 2.79. The fourth-order valence-corrected chi connectivity index (χ4v) is 3.97. The van der Waals surface area contributed by atoms with Crippen molar-refractivity contribution in [3.8, 4) is 0 Å². The average molecular weight is 281 g/mol. The van der Waals surface area contributed by atoms with Gasteiger partial charge in [0.05, 0.1) is 5.60 Å². The van der Waals surface area contributed by atoms with Crippen molar-refractivity contribution in [2.75, 3.05) is 19.8 Å². The molecule has 1 spiro atoms. The Morgan fingerprint density at radius 1 is 1.37 bits per heavy atom. The highest BCUT2D eigenvalue weighted by atomic mass is 32.1. The number of thiophene rings is 1. The molecule has 1 N–H and O–H groups in total. The van der Waals surface area contributed by atoms with Gasteiger partial charge in [0, 0.05) is 37.3 Å². The van der Waals surface area contributed by atoms with Crippen LogP contribution in [0.3, 0.4) is 0 Å². The molecule has 3 heterocycles. The first-order valence-electron chi connectivity index (χ1n) is 7.25. The highest BCUT2D eigenvalue weighted by Gasteiger charge is 2.38. The lowest BCUT2D eigenvalue weighted by Crippen LogP contribution is -2.49. The van der Waals surface area contributed by atoms with Crippen LogP contribution in [0.1, 0.15) is 36.1 Å². The van der Waals surface area contributed by atoms with Gasteiger partial charge < -0.3 is 14.8 Å². The third-order valence-electron chi connectivity index (χ3n) is 4.42. The predicted molar refractivity (Wildman–Crippen MR) is 77.7 cm³/mol. The van der Waals surface area contributed by atoms with Crippen molar-refractivity contribution in [2.45, 2.75) is 50.8 Å². The van der Waals surface area contributed by atoms with Crippen LogP contribution in [0.25, 0.3) is 0 Å². The Morgan fingerprint density at radius 3 is 2.95 bits per heavy atom. The van der Waals surface area contributed by atoms with E-state index in [-0.39, 0.29) is 5.60 Å². The molecule has 1 aromatic rings. The van der Waals surface area contributed by atoms with E-state index in [0.717, 1.165) is 52.0 Å². The Bertz CT molecular complexity index is 407. The smallest absolute Gasteiger partial charge is 0.0741 e. The van der Waals surface area contributed by atoms with Crippen LogP contribution < -0.4 is 5.32 Å². The first-order valence-corrected chi connectivity index (χ1v) is 8.13. The molecule has 0 aromatic carbocycles. The molecule has 4 heteroatoms. The summed E-state index contributed by atoms with van der Waals surface area (Å²) in [4.78, 5) is 1.47. The molecule has 0 amide bonds. The quantitative estimate of drug-likeness (QED) is 0.924. The molecule has 3 rings (SSSR count). The molecule has 106 valence electrons. The molecule has 2 fully saturated rings. The minimum atomic E-state index is 0.0959. The normalized spacial score (nSPS) is 26.7. The van der Waals surface area contributed by atoms with E-state index in [1.165, 1.54) is 10.4 Å². The van der Waals surface area contributed by atoms with Gasteiger partial charge in [-0.1, -0.05) is 0 Å². The molecule has 2 aliphatic heterocycles. The van der Waals surface area contributed by atoms with Gasteiger partial charge in [0.1, 0.15) is 0 Å². The summed E-state index contributed by atoms with van der Waals surface area (Å²) in [5.74, 6) is 0. The Labute approximate surface area is 119 Å². The second kappa shape index (κ2) is 5.92. The van der Waals surface area contributed by atoms with E-state index in [9.17, 15) is 0 Å². The van der Waals surface area contributed by atoms with Crippen LogP contribution in [0.4, 0.5) is 0 Å². The van der Waals surface area contributed by atoms with Gasteiger partial charge in [-0.25, -0.2) is 0 Å². The van der Waals surface area contributed by atoms with Crippen molar-refractivity contribution in [1.82, 2.24) is 5.32 Å². The number of hydrogen-bond acceptors (Lipinski definition) is 4. The third kappa shape index (κ3) is 3.19. The molecule has 3 nitrogen and oxygen atoms in total. The lowest BCUT2D eigenvalue weighted by atomic mass is 9.84. The van der Waals surface area contributed by atoms with Gasteiger partial charge in [0.2, 0.25) is 0 Å². The molecule has 0 saturated carbocycles. The van der Waals surface area contributed by atoms with Crippen molar-refractivity contribution in [3.63, 3.8) is 0 Å². The molecule has 2 aliphatic rings. The molecule has 1 atom stereocenters. The first kappa shape index (κ1) is 13.6. The Kier molecular flexibility index (Phi) is 4.22. The summed E-state index contributed by atoms with van der Waals surface area (Å²) >= 11 is 1.85. The topological polar surface area (TPSA) is 30.5 Å². The monoisotopic (exact) mass is 281 g/mol. The van der Waals surface area contributed by atoms with Crippen LogP contribution in [0, 0.1) is 6.92 Å². The number of aryl methyl sites for hydroxylation is 1. The largest absolute Gasteiger partial charge is 0.381 e. The average Bonchev–Trinajstić information content (AvgIpc) is 2.83. The Hall–Kier alpha value is -0.420. The summed E-state index contributed by atoms with van der Waals surface area (Å²) in [6.45, 7) is 5.80. The highest BCUT2D eigenvalue weighted by Crippen LogP contribution is 2.34. The lowest BCUT2D eigenvalue weighted by Gasteiger charge is -2.43. The Balaban J connectivity index is 1.55.